The van der Waals surface area contributed by atoms with E-state index < -0.39 is 0 Å². The molecule has 0 aliphatic carbocycles. The summed E-state index contributed by atoms with van der Waals surface area (Å²) in [5.74, 6) is 3.60. The molecule has 2 heterocycles. The van der Waals surface area contributed by atoms with Crippen molar-refractivity contribution >= 4 is 36.9 Å². The zero-order chi connectivity index (χ0) is 42.7. The van der Waals surface area contributed by atoms with Crippen molar-refractivity contribution in [1.29, 1.82) is 0 Å². The highest BCUT2D eigenvalue weighted by Gasteiger charge is 2.17. The number of unbranched alkanes of at least 4 members (excludes halogenated alkanes) is 2. The molecule has 0 aliphatic heterocycles. The highest BCUT2D eigenvalue weighted by molar-refractivity contribution is 5.79. The summed E-state index contributed by atoms with van der Waals surface area (Å²) in [6.45, 7) is 4.44. The molecule has 0 saturated carbocycles. The number of carbonyl (C=O) groups excluding carboxylic acids is 2. The van der Waals surface area contributed by atoms with E-state index >= 15 is 0 Å². The van der Waals surface area contributed by atoms with Gasteiger partial charge in [0.25, 0.3) is 0 Å². The topological polar surface area (TPSA) is 60.4 Å². The van der Waals surface area contributed by atoms with Crippen molar-refractivity contribution < 1.29 is 18.4 Å². The van der Waals surface area contributed by atoms with Crippen LogP contribution in [0.5, 0.6) is 0 Å². The first-order valence-electron chi connectivity index (χ1n) is 21.6. The van der Waals surface area contributed by atoms with Crippen molar-refractivity contribution in [2.24, 2.45) is 0 Å². The zero-order valence-corrected chi connectivity index (χ0v) is 35.4. The zero-order valence-electron chi connectivity index (χ0n) is 35.4. The molecular formula is C58H50O4. The van der Waals surface area contributed by atoms with E-state index in [0.29, 0.717) is 11.1 Å². The van der Waals surface area contributed by atoms with Crippen LogP contribution in [-0.2, 0) is 12.8 Å². The first-order valence-corrected chi connectivity index (χ1v) is 21.6. The summed E-state index contributed by atoms with van der Waals surface area (Å²) in [5.41, 5.74) is 14.6. The van der Waals surface area contributed by atoms with Crippen LogP contribution in [0.1, 0.15) is 93.6 Å². The molecule has 6 aromatic carbocycles. The second-order valence-corrected chi connectivity index (χ2v) is 15.8. The molecule has 0 amide bonds. The van der Waals surface area contributed by atoms with Gasteiger partial charge in [-0.15, -0.1) is 0 Å². The van der Waals surface area contributed by atoms with E-state index in [1.165, 1.54) is 11.1 Å². The van der Waals surface area contributed by atoms with Gasteiger partial charge in [0.1, 0.15) is 35.6 Å². The normalized spacial score (nSPS) is 11.5. The average molecular weight is 811 g/mol. The van der Waals surface area contributed by atoms with Gasteiger partial charge in [-0.1, -0.05) is 197 Å². The molecule has 4 nitrogen and oxygen atoms in total. The SMILES string of the molecule is CCCCc1cc(-c2ccc(/C=C/c3ccc(C=O)cc3)cc2)oc1-c1ccc(-c2ccc(-c3oc(-c4ccc(/C=C/c5ccc(C=O)cc5)cc4)cc3CCCC)cc2)cc1. The van der Waals surface area contributed by atoms with E-state index in [-0.39, 0.29) is 0 Å². The van der Waals surface area contributed by atoms with Crippen molar-refractivity contribution in [2.75, 3.05) is 0 Å². The van der Waals surface area contributed by atoms with Gasteiger partial charge < -0.3 is 8.83 Å². The Morgan fingerprint density at radius 3 is 0.935 bits per heavy atom. The molecule has 0 aliphatic rings. The Hall–Kier alpha value is -7.30. The second-order valence-electron chi connectivity index (χ2n) is 15.8. The molecular weight excluding hydrogens is 761 g/mol. The van der Waals surface area contributed by atoms with Crippen LogP contribution in [0.4, 0.5) is 0 Å². The second kappa shape index (κ2) is 19.8. The third-order valence-corrected chi connectivity index (χ3v) is 11.3. The van der Waals surface area contributed by atoms with Gasteiger partial charge >= 0.3 is 0 Å². The Balaban J connectivity index is 0.972. The van der Waals surface area contributed by atoms with Gasteiger partial charge in [0.05, 0.1) is 0 Å². The van der Waals surface area contributed by atoms with E-state index in [9.17, 15) is 9.59 Å². The number of furan rings is 2. The lowest BCUT2D eigenvalue weighted by molar-refractivity contribution is 0.111. The van der Waals surface area contributed by atoms with E-state index in [2.05, 4.69) is 147 Å². The Kier molecular flexibility index (Phi) is 13.3. The molecule has 0 fully saturated rings. The lowest BCUT2D eigenvalue weighted by atomic mass is 9.98. The van der Waals surface area contributed by atoms with Crippen LogP contribution >= 0.6 is 0 Å². The maximum absolute atomic E-state index is 11.0. The fourth-order valence-electron chi connectivity index (χ4n) is 7.64. The number of hydrogen-bond acceptors (Lipinski definition) is 4. The Morgan fingerprint density at radius 1 is 0.355 bits per heavy atom. The largest absolute Gasteiger partial charge is 0.456 e. The molecule has 8 rings (SSSR count). The monoisotopic (exact) mass is 810 g/mol. The minimum absolute atomic E-state index is 0.674. The molecule has 0 spiro atoms. The van der Waals surface area contributed by atoms with E-state index in [0.717, 1.165) is 130 Å². The summed E-state index contributed by atoms with van der Waals surface area (Å²) >= 11 is 0. The first kappa shape index (κ1) is 41.4. The lowest BCUT2D eigenvalue weighted by Crippen LogP contribution is -1.87. The summed E-state index contributed by atoms with van der Waals surface area (Å²) in [6, 6.07) is 53.8. The van der Waals surface area contributed by atoms with Crippen LogP contribution in [0.3, 0.4) is 0 Å². The van der Waals surface area contributed by atoms with Gasteiger partial charge in [-0.2, -0.15) is 0 Å². The number of aryl methyl sites for hydroxylation is 2. The highest BCUT2D eigenvalue weighted by atomic mass is 16.3. The molecule has 0 atom stereocenters. The molecule has 62 heavy (non-hydrogen) atoms. The van der Waals surface area contributed by atoms with E-state index in [1.807, 2.05) is 48.5 Å². The summed E-state index contributed by atoms with van der Waals surface area (Å²) in [6.07, 6.45) is 16.3. The summed E-state index contributed by atoms with van der Waals surface area (Å²) < 4.78 is 13.3. The summed E-state index contributed by atoms with van der Waals surface area (Å²) in [5, 5.41) is 0. The predicted molar refractivity (Wildman–Crippen MR) is 257 cm³/mol. The predicted octanol–water partition coefficient (Wildman–Crippen LogP) is 15.9. The molecule has 4 heteroatoms. The van der Waals surface area contributed by atoms with Crippen LogP contribution in [0.15, 0.2) is 167 Å². The molecule has 0 N–H and O–H groups in total. The summed E-state index contributed by atoms with van der Waals surface area (Å²) in [7, 11) is 0. The Labute approximate surface area is 364 Å². The minimum Gasteiger partial charge on any atom is -0.456 e. The smallest absolute Gasteiger partial charge is 0.150 e. The van der Waals surface area contributed by atoms with Gasteiger partial charge in [0.15, 0.2) is 0 Å². The van der Waals surface area contributed by atoms with Crippen LogP contribution in [0, 0.1) is 0 Å². The lowest BCUT2D eigenvalue weighted by Gasteiger charge is -2.07. The maximum Gasteiger partial charge on any atom is 0.150 e. The average Bonchev–Trinajstić information content (AvgIpc) is 3.97. The Morgan fingerprint density at radius 2 is 0.629 bits per heavy atom. The Bertz CT molecular complexity index is 2580. The van der Waals surface area contributed by atoms with Crippen molar-refractivity contribution in [2.45, 2.75) is 52.4 Å². The molecule has 0 radical (unpaired) electrons. The number of benzene rings is 6. The number of rotatable bonds is 17. The highest BCUT2D eigenvalue weighted by Crippen LogP contribution is 2.37. The van der Waals surface area contributed by atoms with Gasteiger partial charge in [-0.05, 0) is 82.3 Å². The van der Waals surface area contributed by atoms with Crippen LogP contribution in [0.25, 0.3) is 80.7 Å². The molecule has 0 bridgehead atoms. The molecule has 0 unspecified atom stereocenters. The third kappa shape index (κ3) is 10.00. The third-order valence-electron chi connectivity index (χ3n) is 11.3. The van der Waals surface area contributed by atoms with Gasteiger partial charge in [0, 0.05) is 33.4 Å². The first-order chi connectivity index (χ1) is 30.5. The number of hydrogen-bond donors (Lipinski definition) is 0. The molecule has 0 saturated heterocycles. The standard InChI is InChI=1S/C58H50O4/c1-3-5-7-53-37-55(49-25-21-43(22-26-49)11-9-41-13-17-45(39-59)18-14-41)61-57(53)51-33-29-47(30-34-51)48-31-35-52(36-32-48)58-54(8-6-4-2)38-56(62-58)50-27-23-44(24-28-50)12-10-42-15-19-46(40-60)20-16-42/h9-40H,3-8H2,1-2H3/b11-9+,12-10+. The van der Waals surface area contributed by atoms with Crippen LogP contribution < -0.4 is 0 Å². The maximum atomic E-state index is 11.0. The van der Waals surface area contributed by atoms with Gasteiger partial charge in [0.2, 0.25) is 0 Å². The molecule has 8 aromatic rings. The van der Waals surface area contributed by atoms with Crippen molar-refractivity contribution in [3.63, 3.8) is 0 Å². The number of carbonyl (C=O) groups is 2. The van der Waals surface area contributed by atoms with E-state index in [1.54, 1.807) is 0 Å². The number of aldehydes is 2. The van der Waals surface area contributed by atoms with Gasteiger partial charge in [-0.25, -0.2) is 0 Å². The van der Waals surface area contributed by atoms with Crippen molar-refractivity contribution in [3.05, 3.63) is 202 Å². The molecule has 2 aromatic heterocycles. The fraction of sp³-hybridized carbons (Fsp3) is 0.138. The quantitative estimate of drug-likeness (QED) is 0.0679. The molecule has 306 valence electrons. The van der Waals surface area contributed by atoms with Gasteiger partial charge in [-0.3, -0.25) is 9.59 Å². The van der Waals surface area contributed by atoms with Crippen molar-refractivity contribution in [1.82, 2.24) is 0 Å². The fourth-order valence-corrected chi connectivity index (χ4v) is 7.64. The minimum atomic E-state index is 0.674. The van der Waals surface area contributed by atoms with E-state index in [4.69, 9.17) is 8.83 Å². The van der Waals surface area contributed by atoms with Crippen LogP contribution in [0.2, 0.25) is 0 Å². The van der Waals surface area contributed by atoms with Crippen molar-refractivity contribution in [3.8, 4) is 56.4 Å². The summed E-state index contributed by atoms with van der Waals surface area (Å²) in [4.78, 5) is 22.0. The van der Waals surface area contributed by atoms with Crippen LogP contribution in [-0.4, -0.2) is 12.6 Å².